The SMILES string of the molecule is c1ccc(-n2c3ccc(-c4ccc5c6c(cccc46)-c4ccccc4-5)cc3c3cc4ncccc4cc32)cc1. The molecule has 6 aromatic carbocycles. The first-order chi connectivity index (χ1) is 19.3. The summed E-state index contributed by atoms with van der Waals surface area (Å²) < 4.78 is 2.38. The van der Waals surface area contributed by atoms with Gasteiger partial charge < -0.3 is 4.57 Å². The lowest BCUT2D eigenvalue weighted by atomic mass is 9.93. The highest BCUT2D eigenvalue weighted by molar-refractivity contribution is 6.19. The van der Waals surface area contributed by atoms with E-state index >= 15 is 0 Å². The van der Waals surface area contributed by atoms with Crippen molar-refractivity contribution in [3.05, 3.63) is 134 Å². The second-order valence-corrected chi connectivity index (χ2v) is 10.4. The molecule has 1 aliphatic carbocycles. The second kappa shape index (κ2) is 7.66. The van der Waals surface area contributed by atoms with Gasteiger partial charge in [-0.05, 0) is 86.6 Å². The van der Waals surface area contributed by atoms with Crippen molar-refractivity contribution in [2.45, 2.75) is 0 Å². The molecule has 0 unspecified atom stereocenters. The largest absolute Gasteiger partial charge is 0.309 e. The lowest BCUT2D eigenvalue weighted by molar-refractivity contribution is 1.18. The van der Waals surface area contributed by atoms with Crippen molar-refractivity contribution in [1.29, 1.82) is 0 Å². The van der Waals surface area contributed by atoms with Crippen LogP contribution in [0.3, 0.4) is 0 Å². The molecule has 2 heterocycles. The average molecular weight is 495 g/mol. The van der Waals surface area contributed by atoms with Crippen LogP contribution in [-0.2, 0) is 0 Å². The molecule has 2 aromatic heterocycles. The van der Waals surface area contributed by atoms with E-state index < -0.39 is 0 Å². The van der Waals surface area contributed by atoms with Gasteiger partial charge in [-0.25, -0.2) is 0 Å². The third-order valence-electron chi connectivity index (χ3n) is 8.36. The molecular weight excluding hydrogens is 472 g/mol. The minimum absolute atomic E-state index is 1.02. The maximum absolute atomic E-state index is 4.68. The van der Waals surface area contributed by atoms with E-state index in [1.54, 1.807) is 0 Å². The number of pyridine rings is 1. The first kappa shape index (κ1) is 20.8. The van der Waals surface area contributed by atoms with E-state index in [1.165, 1.54) is 66.0 Å². The number of aromatic nitrogens is 2. The first-order valence-electron chi connectivity index (χ1n) is 13.4. The van der Waals surface area contributed by atoms with Crippen LogP contribution in [0.4, 0.5) is 0 Å². The average Bonchev–Trinajstić information content (AvgIpc) is 3.50. The highest BCUT2D eigenvalue weighted by atomic mass is 15.0. The van der Waals surface area contributed by atoms with Crippen molar-refractivity contribution in [2.24, 2.45) is 0 Å². The molecule has 0 spiro atoms. The molecule has 39 heavy (non-hydrogen) atoms. The van der Waals surface area contributed by atoms with Gasteiger partial charge in [0.15, 0.2) is 0 Å². The fourth-order valence-electron chi connectivity index (χ4n) is 6.67. The third kappa shape index (κ3) is 2.83. The molecule has 2 heteroatoms. The quantitative estimate of drug-likeness (QED) is 0.234. The Morgan fingerprint density at radius 2 is 1.21 bits per heavy atom. The number of benzene rings is 6. The number of fused-ring (bicyclic) bond motifs is 7. The van der Waals surface area contributed by atoms with Gasteiger partial charge in [0.2, 0.25) is 0 Å². The fourth-order valence-corrected chi connectivity index (χ4v) is 6.67. The zero-order chi connectivity index (χ0) is 25.5. The van der Waals surface area contributed by atoms with E-state index in [0.717, 1.165) is 16.6 Å². The van der Waals surface area contributed by atoms with E-state index in [0.29, 0.717) is 0 Å². The summed E-state index contributed by atoms with van der Waals surface area (Å²) in [5, 5.41) is 6.28. The van der Waals surface area contributed by atoms with Gasteiger partial charge in [0, 0.05) is 28.0 Å². The van der Waals surface area contributed by atoms with Crippen LogP contribution in [0.1, 0.15) is 0 Å². The van der Waals surface area contributed by atoms with Crippen LogP contribution in [0.25, 0.3) is 82.5 Å². The Morgan fingerprint density at radius 1 is 0.462 bits per heavy atom. The molecule has 0 fully saturated rings. The molecule has 0 amide bonds. The topological polar surface area (TPSA) is 17.8 Å². The van der Waals surface area contributed by atoms with Crippen LogP contribution in [0.5, 0.6) is 0 Å². The Labute approximate surface area is 225 Å². The summed E-state index contributed by atoms with van der Waals surface area (Å²) in [6.07, 6.45) is 1.88. The van der Waals surface area contributed by atoms with Crippen LogP contribution in [0.2, 0.25) is 0 Å². The fraction of sp³-hybridized carbons (Fsp3) is 0. The third-order valence-corrected chi connectivity index (χ3v) is 8.36. The molecule has 0 aliphatic heterocycles. The van der Waals surface area contributed by atoms with Gasteiger partial charge in [-0.1, -0.05) is 84.9 Å². The standard InChI is InChI=1S/C37H22N2/c1-2-9-25(10-3-1)39-35-18-15-23(20-32(35)33-22-34-24(21-36(33)39)8-7-19-38-34)26-16-17-31-28-12-5-4-11-27(28)30-14-6-13-29(26)37(30)31/h1-22H. The van der Waals surface area contributed by atoms with Crippen LogP contribution >= 0.6 is 0 Å². The Bertz CT molecular complexity index is 2240. The lowest BCUT2D eigenvalue weighted by Gasteiger charge is -2.11. The predicted molar refractivity (Wildman–Crippen MR) is 163 cm³/mol. The zero-order valence-electron chi connectivity index (χ0n) is 21.1. The van der Waals surface area contributed by atoms with Crippen LogP contribution in [-0.4, -0.2) is 9.55 Å². The Balaban J connectivity index is 1.35. The lowest BCUT2D eigenvalue weighted by Crippen LogP contribution is -1.93. The highest BCUT2D eigenvalue weighted by Gasteiger charge is 2.22. The highest BCUT2D eigenvalue weighted by Crippen LogP contribution is 2.49. The van der Waals surface area contributed by atoms with Crippen molar-refractivity contribution in [3.8, 4) is 39.1 Å². The molecule has 1 aliphatic rings. The molecule has 0 saturated carbocycles. The van der Waals surface area contributed by atoms with Crippen LogP contribution in [0.15, 0.2) is 134 Å². The molecule has 0 atom stereocenters. The van der Waals surface area contributed by atoms with Gasteiger partial charge in [0.1, 0.15) is 0 Å². The normalized spacial score (nSPS) is 12.1. The molecule has 0 N–H and O–H groups in total. The summed E-state index contributed by atoms with van der Waals surface area (Å²) >= 11 is 0. The zero-order valence-corrected chi connectivity index (χ0v) is 21.1. The molecule has 8 aromatic rings. The molecule has 0 saturated heterocycles. The van der Waals surface area contributed by atoms with Crippen LogP contribution < -0.4 is 0 Å². The van der Waals surface area contributed by atoms with E-state index in [4.69, 9.17) is 0 Å². The van der Waals surface area contributed by atoms with Crippen molar-refractivity contribution in [2.75, 3.05) is 0 Å². The second-order valence-electron chi connectivity index (χ2n) is 10.4. The number of rotatable bonds is 2. The maximum atomic E-state index is 4.68. The number of para-hydroxylation sites is 1. The van der Waals surface area contributed by atoms with Crippen molar-refractivity contribution in [1.82, 2.24) is 9.55 Å². The number of hydrogen-bond acceptors (Lipinski definition) is 1. The summed E-state index contributed by atoms with van der Waals surface area (Å²) in [4.78, 5) is 4.68. The van der Waals surface area contributed by atoms with Gasteiger partial charge in [0.25, 0.3) is 0 Å². The van der Waals surface area contributed by atoms with Crippen molar-refractivity contribution < 1.29 is 0 Å². The van der Waals surface area contributed by atoms with Crippen LogP contribution in [0, 0.1) is 0 Å². The Morgan fingerprint density at radius 3 is 2.08 bits per heavy atom. The smallest absolute Gasteiger partial charge is 0.0709 e. The maximum Gasteiger partial charge on any atom is 0.0709 e. The summed E-state index contributed by atoms with van der Waals surface area (Å²) in [5.41, 5.74) is 12.4. The van der Waals surface area contributed by atoms with Crippen molar-refractivity contribution in [3.63, 3.8) is 0 Å². The van der Waals surface area contributed by atoms with E-state index in [-0.39, 0.29) is 0 Å². The molecule has 0 bridgehead atoms. The number of hydrogen-bond donors (Lipinski definition) is 0. The van der Waals surface area contributed by atoms with E-state index in [9.17, 15) is 0 Å². The summed E-state index contributed by atoms with van der Waals surface area (Å²) in [5.74, 6) is 0. The monoisotopic (exact) mass is 494 g/mol. The van der Waals surface area contributed by atoms with Crippen molar-refractivity contribution >= 4 is 43.5 Å². The summed E-state index contributed by atoms with van der Waals surface area (Å²) in [6, 6.07) is 46.4. The molecular formula is C37H22N2. The van der Waals surface area contributed by atoms with Gasteiger partial charge in [-0.15, -0.1) is 0 Å². The summed E-state index contributed by atoms with van der Waals surface area (Å²) in [6.45, 7) is 0. The van der Waals surface area contributed by atoms with Gasteiger partial charge in [0.05, 0.1) is 16.6 Å². The van der Waals surface area contributed by atoms with E-state index in [2.05, 4.69) is 131 Å². The molecule has 0 radical (unpaired) electrons. The molecule has 9 rings (SSSR count). The van der Waals surface area contributed by atoms with Gasteiger partial charge in [-0.2, -0.15) is 0 Å². The molecule has 2 nitrogen and oxygen atoms in total. The predicted octanol–water partition coefficient (Wildman–Crippen LogP) is 9.80. The number of nitrogens with zero attached hydrogens (tertiary/aromatic N) is 2. The van der Waals surface area contributed by atoms with Gasteiger partial charge in [-0.3, -0.25) is 4.98 Å². The molecule has 180 valence electrons. The first-order valence-corrected chi connectivity index (χ1v) is 13.4. The van der Waals surface area contributed by atoms with E-state index in [1.807, 2.05) is 12.3 Å². The minimum atomic E-state index is 1.02. The minimum Gasteiger partial charge on any atom is -0.309 e. The Hall–Kier alpha value is -5.21. The van der Waals surface area contributed by atoms with Gasteiger partial charge >= 0.3 is 0 Å². The summed E-state index contributed by atoms with van der Waals surface area (Å²) in [7, 11) is 0. The Kier molecular flexibility index (Phi) is 4.08.